The van der Waals surface area contributed by atoms with Gasteiger partial charge >= 0.3 is 0 Å². The molecule has 6 nitrogen and oxygen atoms in total. The van der Waals surface area contributed by atoms with E-state index in [1.807, 2.05) is 0 Å². The minimum Gasteiger partial charge on any atom is -0.326 e. The van der Waals surface area contributed by atoms with E-state index in [0.717, 1.165) is 0 Å². The van der Waals surface area contributed by atoms with Crippen LogP contribution in [0.15, 0.2) is 53.6 Å². The van der Waals surface area contributed by atoms with Crippen molar-refractivity contribution in [2.75, 3.05) is 5.32 Å². The predicted molar refractivity (Wildman–Crippen MR) is 96.6 cm³/mol. The zero-order valence-electron chi connectivity index (χ0n) is 13.4. The number of aromatic nitrogens is 3. The first kappa shape index (κ1) is 16.9. The number of rotatable bonds is 4. The van der Waals surface area contributed by atoms with Crippen molar-refractivity contribution in [3.05, 3.63) is 75.4 Å². The van der Waals surface area contributed by atoms with Gasteiger partial charge in [0, 0.05) is 39.9 Å². The molecule has 7 heteroatoms. The summed E-state index contributed by atoms with van der Waals surface area (Å²) in [5.74, 6) is 0.112. The number of H-pyrrole nitrogens is 1. The third-order valence-corrected chi connectivity index (χ3v) is 3.84. The lowest BCUT2D eigenvalue weighted by Gasteiger charge is -2.08. The molecule has 1 aromatic carbocycles. The van der Waals surface area contributed by atoms with Gasteiger partial charge in [0.2, 0.25) is 5.91 Å². The summed E-state index contributed by atoms with van der Waals surface area (Å²) in [5, 5.41) is 3.24. The molecule has 3 rings (SSSR count). The van der Waals surface area contributed by atoms with Crippen LogP contribution < -0.4 is 10.9 Å². The van der Waals surface area contributed by atoms with Crippen molar-refractivity contribution in [1.29, 1.82) is 0 Å². The first-order valence-electron chi connectivity index (χ1n) is 7.58. The van der Waals surface area contributed by atoms with E-state index in [-0.39, 0.29) is 17.9 Å². The zero-order chi connectivity index (χ0) is 17.8. The molecule has 0 saturated heterocycles. The molecule has 1 amide bonds. The first-order chi connectivity index (χ1) is 12.0. The molecular weight excluding hydrogens is 340 g/mol. The van der Waals surface area contributed by atoms with Gasteiger partial charge in [-0.25, -0.2) is 4.98 Å². The lowest BCUT2D eigenvalue weighted by Crippen LogP contribution is -2.23. The largest absolute Gasteiger partial charge is 0.326 e. The van der Waals surface area contributed by atoms with Crippen molar-refractivity contribution >= 4 is 23.2 Å². The molecular formula is C18H15ClN4O2. The van der Waals surface area contributed by atoms with Crippen LogP contribution in [0.4, 0.5) is 5.69 Å². The van der Waals surface area contributed by atoms with Crippen molar-refractivity contribution < 1.29 is 4.79 Å². The van der Waals surface area contributed by atoms with Crippen molar-refractivity contribution in [3.63, 3.8) is 0 Å². The van der Waals surface area contributed by atoms with Crippen LogP contribution >= 0.6 is 11.6 Å². The van der Waals surface area contributed by atoms with Gasteiger partial charge in [-0.05, 0) is 37.3 Å². The van der Waals surface area contributed by atoms with Gasteiger partial charge in [-0.1, -0.05) is 17.7 Å². The summed E-state index contributed by atoms with van der Waals surface area (Å²) in [6, 6.07) is 10.4. The molecule has 2 heterocycles. The maximum atomic E-state index is 12.4. The Morgan fingerprint density at radius 3 is 2.80 bits per heavy atom. The Kier molecular flexibility index (Phi) is 4.90. The van der Waals surface area contributed by atoms with Crippen LogP contribution in [-0.4, -0.2) is 20.9 Å². The van der Waals surface area contributed by atoms with Gasteiger partial charge in [-0.2, -0.15) is 0 Å². The number of hydrogen-bond donors (Lipinski definition) is 2. The summed E-state index contributed by atoms with van der Waals surface area (Å²) in [6.45, 7) is 1.71. The van der Waals surface area contributed by atoms with E-state index in [9.17, 15) is 9.59 Å². The molecule has 0 bridgehead atoms. The summed E-state index contributed by atoms with van der Waals surface area (Å²) in [7, 11) is 0. The van der Waals surface area contributed by atoms with Gasteiger partial charge in [-0.15, -0.1) is 0 Å². The van der Waals surface area contributed by atoms with Crippen LogP contribution in [0.1, 0.15) is 11.3 Å². The van der Waals surface area contributed by atoms with E-state index < -0.39 is 0 Å². The van der Waals surface area contributed by atoms with Crippen molar-refractivity contribution in [1.82, 2.24) is 15.0 Å². The van der Waals surface area contributed by atoms with Crippen LogP contribution in [0.2, 0.25) is 5.02 Å². The molecule has 0 aliphatic heterocycles. The maximum Gasteiger partial charge on any atom is 0.255 e. The number of nitrogens with one attached hydrogen (secondary N) is 2. The van der Waals surface area contributed by atoms with Gasteiger partial charge in [0.15, 0.2) is 0 Å². The number of benzene rings is 1. The Bertz CT molecular complexity index is 970. The lowest BCUT2D eigenvalue weighted by molar-refractivity contribution is -0.115. The van der Waals surface area contributed by atoms with Crippen LogP contribution in [0.3, 0.4) is 0 Å². The van der Waals surface area contributed by atoms with Crippen molar-refractivity contribution in [2.24, 2.45) is 0 Å². The second kappa shape index (κ2) is 7.27. The number of halogens is 1. The molecule has 0 aliphatic carbocycles. The number of nitrogens with zero attached hydrogens (tertiary/aromatic N) is 2. The van der Waals surface area contributed by atoms with Crippen molar-refractivity contribution in [2.45, 2.75) is 13.3 Å². The van der Waals surface area contributed by atoms with Gasteiger partial charge in [0.1, 0.15) is 5.82 Å². The average Bonchev–Trinajstić information content (AvgIpc) is 2.59. The number of anilines is 1. The molecule has 0 radical (unpaired) electrons. The standard InChI is InChI=1S/C18H15ClN4O2/c1-11-15(9-16(24)22-14-6-2-5-13(19)8-14)18(25)23-17(21-11)12-4-3-7-20-10-12/h2-8,10H,9H2,1H3,(H,22,24)(H,21,23,25). The summed E-state index contributed by atoms with van der Waals surface area (Å²) in [4.78, 5) is 35.7. The van der Waals surface area contributed by atoms with E-state index in [2.05, 4.69) is 20.3 Å². The van der Waals surface area contributed by atoms with E-state index >= 15 is 0 Å². The summed E-state index contributed by atoms with van der Waals surface area (Å²) in [5.41, 5.74) is 1.77. The Morgan fingerprint density at radius 1 is 1.28 bits per heavy atom. The minimum atomic E-state index is -0.340. The smallest absolute Gasteiger partial charge is 0.255 e. The highest BCUT2D eigenvalue weighted by atomic mass is 35.5. The Labute approximate surface area is 148 Å². The van der Waals surface area contributed by atoms with Gasteiger partial charge < -0.3 is 10.3 Å². The number of amides is 1. The quantitative estimate of drug-likeness (QED) is 0.754. The van der Waals surface area contributed by atoms with Crippen LogP contribution in [0, 0.1) is 6.92 Å². The molecule has 0 aliphatic rings. The van der Waals surface area contributed by atoms with Gasteiger partial charge in [0.25, 0.3) is 5.56 Å². The van der Waals surface area contributed by atoms with E-state index in [0.29, 0.717) is 33.4 Å². The highest BCUT2D eigenvalue weighted by Gasteiger charge is 2.14. The fraction of sp³-hybridized carbons (Fsp3) is 0.111. The van der Waals surface area contributed by atoms with Crippen LogP contribution in [-0.2, 0) is 11.2 Å². The molecule has 0 fully saturated rings. The highest BCUT2D eigenvalue weighted by Crippen LogP contribution is 2.16. The lowest BCUT2D eigenvalue weighted by atomic mass is 10.1. The fourth-order valence-corrected chi connectivity index (χ4v) is 2.58. The molecule has 0 spiro atoms. The number of hydrogen-bond acceptors (Lipinski definition) is 4. The maximum absolute atomic E-state index is 12.4. The summed E-state index contributed by atoms with van der Waals surface area (Å²) >= 11 is 5.89. The number of carbonyl (C=O) groups excluding carboxylic acids is 1. The topological polar surface area (TPSA) is 87.7 Å². The fourth-order valence-electron chi connectivity index (χ4n) is 2.39. The van der Waals surface area contributed by atoms with E-state index in [4.69, 9.17) is 11.6 Å². The first-order valence-corrected chi connectivity index (χ1v) is 7.96. The molecule has 25 heavy (non-hydrogen) atoms. The molecule has 0 atom stereocenters. The molecule has 0 saturated carbocycles. The van der Waals surface area contributed by atoms with E-state index in [1.54, 1.807) is 55.7 Å². The van der Waals surface area contributed by atoms with Gasteiger partial charge in [-0.3, -0.25) is 14.6 Å². The molecule has 0 unspecified atom stereocenters. The predicted octanol–water partition coefficient (Wildman–Crippen LogP) is 2.97. The molecule has 2 N–H and O–H groups in total. The Hall–Kier alpha value is -2.99. The number of aryl methyl sites for hydroxylation is 1. The molecule has 2 aromatic heterocycles. The Morgan fingerprint density at radius 2 is 2.12 bits per heavy atom. The summed E-state index contributed by atoms with van der Waals surface area (Å²) < 4.78 is 0. The number of carbonyl (C=O) groups is 1. The average molecular weight is 355 g/mol. The van der Waals surface area contributed by atoms with E-state index in [1.165, 1.54) is 0 Å². The van der Waals surface area contributed by atoms with Gasteiger partial charge in [0.05, 0.1) is 6.42 Å². The summed E-state index contributed by atoms with van der Waals surface area (Å²) in [6.07, 6.45) is 3.18. The number of aromatic amines is 1. The van der Waals surface area contributed by atoms with Crippen LogP contribution in [0.25, 0.3) is 11.4 Å². The third kappa shape index (κ3) is 4.10. The SMILES string of the molecule is Cc1nc(-c2cccnc2)[nH]c(=O)c1CC(=O)Nc1cccc(Cl)c1. The highest BCUT2D eigenvalue weighted by molar-refractivity contribution is 6.30. The third-order valence-electron chi connectivity index (χ3n) is 3.60. The van der Waals surface area contributed by atoms with Crippen LogP contribution in [0.5, 0.6) is 0 Å². The number of pyridine rings is 1. The normalized spacial score (nSPS) is 10.5. The second-order valence-electron chi connectivity index (χ2n) is 5.46. The zero-order valence-corrected chi connectivity index (χ0v) is 14.2. The molecule has 3 aromatic rings. The second-order valence-corrected chi connectivity index (χ2v) is 5.89. The molecule has 126 valence electrons. The monoisotopic (exact) mass is 354 g/mol. The Balaban J connectivity index is 1.81. The minimum absolute atomic E-state index is 0.0754. The van der Waals surface area contributed by atoms with Crippen molar-refractivity contribution in [3.8, 4) is 11.4 Å².